The van der Waals surface area contributed by atoms with Crippen molar-refractivity contribution in [2.75, 3.05) is 19.6 Å². The zero-order valence-electron chi connectivity index (χ0n) is 11.6. The monoisotopic (exact) mass is 255 g/mol. The van der Waals surface area contributed by atoms with Crippen molar-refractivity contribution >= 4 is 11.8 Å². The first kappa shape index (κ1) is 15.0. The van der Waals surface area contributed by atoms with Crippen molar-refractivity contribution < 1.29 is 9.59 Å². The summed E-state index contributed by atoms with van der Waals surface area (Å²) in [6.45, 7) is 7.99. The molecule has 3 N–H and O–H groups in total. The quantitative estimate of drug-likeness (QED) is 0.681. The van der Waals surface area contributed by atoms with Crippen LogP contribution in [0, 0.1) is 5.92 Å². The van der Waals surface area contributed by atoms with Crippen molar-refractivity contribution in [2.45, 2.75) is 45.6 Å². The highest BCUT2D eigenvalue weighted by molar-refractivity contribution is 5.80. The first-order chi connectivity index (χ1) is 8.38. The van der Waals surface area contributed by atoms with E-state index in [1.807, 2.05) is 20.8 Å². The molecule has 0 bridgehead atoms. The van der Waals surface area contributed by atoms with E-state index in [0.717, 1.165) is 25.9 Å². The molecule has 0 aliphatic carbocycles. The van der Waals surface area contributed by atoms with Gasteiger partial charge in [-0.15, -0.1) is 0 Å². The topological polar surface area (TPSA) is 70.2 Å². The van der Waals surface area contributed by atoms with E-state index in [2.05, 4.69) is 16.0 Å². The Morgan fingerprint density at radius 1 is 1.33 bits per heavy atom. The largest absolute Gasteiger partial charge is 0.355 e. The molecule has 1 rings (SSSR count). The lowest BCUT2D eigenvalue weighted by Crippen LogP contribution is -2.44. The van der Waals surface area contributed by atoms with E-state index in [1.54, 1.807) is 0 Å². The Hall–Kier alpha value is -1.10. The number of carbonyl (C=O) groups is 2. The van der Waals surface area contributed by atoms with Gasteiger partial charge in [0.25, 0.3) is 0 Å². The fourth-order valence-corrected chi connectivity index (χ4v) is 2.00. The van der Waals surface area contributed by atoms with E-state index < -0.39 is 0 Å². The third-order valence-corrected chi connectivity index (χ3v) is 2.83. The fraction of sp³-hybridized carbons (Fsp3) is 0.846. The first-order valence-electron chi connectivity index (χ1n) is 6.68. The van der Waals surface area contributed by atoms with Crippen LogP contribution in [0.4, 0.5) is 0 Å². The molecule has 104 valence electrons. The molecule has 5 nitrogen and oxygen atoms in total. The van der Waals surface area contributed by atoms with Gasteiger partial charge in [-0.25, -0.2) is 0 Å². The van der Waals surface area contributed by atoms with Crippen LogP contribution < -0.4 is 16.0 Å². The van der Waals surface area contributed by atoms with E-state index in [9.17, 15) is 9.59 Å². The second-order valence-corrected chi connectivity index (χ2v) is 5.88. The first-order valence-corrected chi connectivity index (χ1v) is 6.68. The molecule has 18 heavy (non-hydrogen) atoms. The molecule has 0 spiro atoms. The minimum Gasteiger partial charge on any atom is -0.355 e. The highest BCUT2D eigenvalue weighted by atomic mass is 16.2. The summed E-state index contributed by atoms with van der Waals surface area (Å²) in [6, 6.07) is 0. The maximum absolute atomic E-state index is 11.8. The maximum atomic E-state index is 11.8. The van der Waals surface area contributed by atoms with Crippen LogP contribution in [0.3, 0.4) is 0 Å². The third kappa shape index (κ3) is 6.00. The van der Waals surface area contributed by atoms with Gasteiger partial charge < -0.3 is 16.0 Å². The maximum Gasteiger partial charge on any atom is 0.224 e. The smallest absolute Gasteiger partial charge is 0.224 e. The summed E-state index contributed by atoms with van der Waals surface area (Å²) in [4.78, 5) is 23.3. The Kier molecular flexibility index (Phi) is 5.59. The number of amides is 2. The second kappa shape index (κ2) is 6.73. The van der Waals surface area contributed by atoms with Gasteiger partial charge in [-0.1, -0.05) is 0 Å². The fourth-order valence-electron chi connectivity index (χ4n) is 2.00. The molecule has 1 aliphatic heterocycles. The van der Waals surface area contributed by atoms with Crippen molar-refractivity contribution in [3.05, 3.63) is 0 Å². The third-order valence-electron chi connectivity index (χ3n) is 2.83. The van der Waals surface area contributed by atoms with E-state index in [-0.39, 0.29) is 23.3 Å². The van der Waals surface area contributed by atoms with Crippen LogP contribution in [-0.2, 0) is 9.59 Å². The van der Waals surface area contributed by atoms with Crippen molar-refractivity contribution in [1.82, 2.24) is 16.0 Å². The molecule has 0 saturated carbocycles. The Morgan fingerprint density at radius 2 is 2.06 bits per heavy atom. The van der Waals surface area contributed by atoms with Crippen LogP contribution in [-0.4, -0.2) is 37.0 Å². The molecule has 2 amide bonds. The highest BCUT2D eigenvalue weighted by Gasteiger charge is 2.20. The zero-order valence-corrected chi connectivity index (χ0v) is 11.6. The molecule has 1 atom stereocenters. The van der Waals surface area contributed by atoms with Gasteiger partial charge in [0.1, 0.15) is 0 Å². The molecule has 0 aromatic heterocycles. The van der Waals surface area contributed by atoms with Crippen LogP contribution in [0.15, 0.2) is 0 Å². The minimum atomic E-state index is -0.214. The summed E-state index contributed by atoms with van der Waals surface area (Å²) in [5.74, 6) is 0.0970. The molecule has 1 unspecified atom stereocenters. The molecule has 0 radical (unpaired) electrons. The van der Waals surface area contributed by atoms with E-state index in [1.165, 1.54) is 0 Å². The summed E-state index contributed by atoms with van der Waals surface area (Å²) in [5.41, 5.74) is -0.214. The Balaban J connectivity index is 2.17. The van der Waals surface area contributed by atoms with Gasteiger partial charge in [-0.05, 0) is 40.2 Å². The van der Waals surface area contributed by atoms with Crippen LogP contribution in [0.5, 0.6) is 0 Å². The highest BCUT2D eigenvalue weighted by Crippen LogP contribution is 2.09. The van der Waals surface area contributed by atoms with Gasteiger partial charge in [0, 0.05) is 25.0 Å². The second-order valence-electron chi connectivity index (χ2n) is 5.88. The number of hydrogen-bond donors (Lipinski definition) is 3. The van der Waals surface area contributed by atoms with E-state index >= 15 is 0 Å². The lowest BCUT2D eigenvalue weighted by Gasteiger charge is -2.22. The molecular weight excluding hydrogens is 230 g/mol. The summed E-state index contributed by atoms with van der Waals surface area (Å²) < 4.78 is 0. The summed E-state index contributed by atoms with van der Waals surface area (Å²) in [6.07, 6.45) is 2.32. The summed E-state index contributed by atoms with van der Waals surface area (Å²) >= 11 is 0. The molecule has 1 saturated heterocycles. The number of carbonyl (C=O) groups excluding carboxylic acids is 2. The van der Waals surface area contributed by atoms with E-state index in [0.29, 0.717) is 13.0 Å². The molecule has 1 fully saturated rings. The van der Waals surface area contributed by atoms with Gasteiger partial charge in [-0.2, -0.15) is 0 Å². The van der Waals surface area contributed by atoms with Gasteiger partial charge in [0.15, 0.2) is 0 Å². The SMILES string of the molecule is CC(C)(C)NC(=O)CCNC(=O)C1CCCNC1. The number of nitrogens with one attached hydrogen (secondary N) is 3. The summed E-state index contributed by atoms with van der Waals surface area (Å²) in [7, 11) is 0. The minimum absolute atomic E-state index is 0.0235. The van der Waals surface area contributed by atoms with Crippen LogP contribution in [0.25, 0.3) is 0 Å². The van der Waals surface area contributed by atoms with Gasteiger partial charge in [0.2, 0.25) is 11.8 Å². The van der Waals surface area contributed by atoms with Gasteiger partial charge in [0.05, 0.1) is 5.92 Å². The van der Waals surface area contributed by atoms with E-state index in [4.69, 9.17) is 0 Å². The lowest BCUT2D eigenvalue weighted by molar-refractivity contribution is -0.125. The van der Waals surface area contributed by atoms with Crippen molar-refractivity contribution in [1.29, 1.82) is 0 Å². The van der Waals surface area contributed by atoms with Crippen LogP contribution >= 0.6 is 0 Å². The Labute approximate surface area is 109 Å². The Morgan fingerprint density at radius 3 is 2.61 bits per heavy atom. The van der Waals surface area contributed by atoms with Crippen molar-refractivity contribution in [3.8, 4) is 0 Å². The normalized spacial score (nSPS) is 20.3. The average Bonchev–Trinajstić information content (AvgIpc) is 2.27. The molecule has 1 aliphatic rings. The van der Waals surface area contributed by atoms with Crippen molar-refractivity contribution in [3.63, 3.8) is 0 Å². The van der Waals surface area contributed by atoms with Gasteiger partial charge in [-0.3, -0.25) is 9.59 Å². The molecule has 5 heteroatoms. The molecule has 0 aromatic rings. The predicted octanol–water partition coefficient (Wildman–Crippen LogP) is 0.407. The molecular formula is C13H25N3O2. The predicted molar refractivity (Wildman–Crippen MR) is 71.1 cm³/mol. The summed E-state index contributed by atoms with van der Waals surface area (Å²) in [5, 5.41) is 8.90. The number of rotatable bonds is 4. The van der Waals surface area contributed by atoms with Crippen LogP contribution in [0.2, 0.25) is 0 Å². The zero-order chi connectivity index (χ0) is 13.6. The van der Waals surface area contributed by atoms with Gasteiger partial charge >= 0.3 is 0 Å². The number of hydrogen-bond acceptors (Lipinski definition) is 3. The molecule has 0 aromatic carbocycles. The Bertz CT molecular complexity index is 291. The number of piperidine rings is 1. The lowest BCUT2D eigenvalue weighted by atomic mass is 9.99. The van der Waals surface area contributed by atoms with Crippen molar-refractivity contribution in [2.24, 2.45) is 5.92 Å². The van der Waals surface area contributed by atoms with Crippen LogP contribution in [0.1, 0.15) is 40.0 Å². The average molecular weight is 255 g/mol. The molecule has 1 heterocycles. The standard InChI is InChI=1S/C13H25N3O2/c1-13(2,3)16-11(17)6-8-15-12(18)10-5-4-7-14-9-10/h10,14H,4-9H2,1-3H3,(H,15,18)(H,16,17).